The number of nitrogens with zero attached hydrogens (tertiary/aromatic N) is 4. The zero-order valence-corrected chi connectivity index (χ0v) is 78.9. The fourth-order valence-corrected chi connectivity index (χ4v) is 20.3. The number of hydrogen-bond acceptors (Lipinski definition) is 16. The van der Waals surface area contributed by atoms with Crippen LogP contribution in [0.2, 0.25) is 5.02 Å². The lowest BCUT2D eigenvalue weighted by Gasteiger charge is -2.46. The molecule has 10 amide bonds. The largest absolute Gasteiger partial charge is 0.368 e. The van der Waals surface area contributed by atoms with E-state index < -0.39 is 209 Å². The molecule has 0 bridgehead atoms. The molecule has 1 atom stereocenters. The molecule has 4 aromatic heterocycles. The lowest BCUT2D eigenvalue weighted by molar-refractivity contribution is -0.163. The van der Waals surface area contributed by atoms with E-state index in [2.05, 4.69) is 42.5 Å². The van der Waals surface area contributed by atoms with Crippen LogP contribution in [0, 0.1) is 54.3 Å². The third kappa shape index (κ3) is 20.6. The number of aromatic nitrogens is 4. The van der Waals surface area contributed by atoms with E-state index >= 15 is 0 Å². The number of amides is 10. The standard InChI is InChI=1S/C26H27F4N3O4.C26H28F3N3O4.C23H23ClF2N4O4.C23H23F3N4O4/c1-4-18(34)25(11-26(29,30)12-25)32-24(37)21(35)19-14(3)20(33-9-5-6-17(19)33)23(36)31-15-8-7-13(2)16(10-15)22(27)28;1-4-19(33)25(12-26(28,29)13-25)31-24(36)22(34)20-14(2)21(32-10-6-9-18(20)32)23(35)30-17-8-5-7-16(11-17)15(3)27;2*1-11-5-6-13(8-14(11)24)28-19(32)17-12(2)16(15-4-3-7-30(15)17)18(31)20(33)29-22(21(27)34)9-23(25,26)10-22/h7-8,10,22H,4-6,9,11-12H2,1-3H3,(H,31,36)(H,32,37);5,7-8,11,15H,4,6,9-10,12-13H2,1-3H3,(H,30,35)(H,31,36);2*5-6,8H,3-4,7,9-10H2,1-2H3,(H2,27,34)(H,28,32)(H,29,33). The average Bonchev–Trinajstić information content (AvgIpc) is 1.72. The highest BCUT2D eigenvalue weighted by molar-refractivity contribution is 6.46. The molecule has 1 unspecified atom stereocenters. The number of Topliss-reactive ketones (excluding diaryl/α,β-unsaturated/α-hetero) is 6. The van der Waals surface area contributed by atoms with Crippen molar-refractivity contribution in [3.63, 3.8) is 0 Å². The zero-order valence-electron chi connectivity index (χ0n) is 78.1. The Labute approximate surface area is 803 Å². The summed E-state index contributed by atoms with van der Waals surface area (Å²) in [5.41, 5.74) is 9.63. The van der Waals surface area contributed by atoms with Crippen molar-refractivity contribution >= 4 is 128 Å². The average molecular weight is 1990 g/mol. The number of halogens is 13. The van der Waals surface area contributed by atoms with E-state index in [0.717, 1.165) is 5.56 Å². The summed E-state index contributed by atoms with van der Waals surface area (Å²) >= 11 is 6.13. The van der Waals surface area contributed by atoms with Gasteiger partial charge >= 0.3 is 0 Å². The molecular weight excluding hydrogens is 1890 g/mol. The molecule has 43 heteroatoms. The van der Waals surface area contributed by atoms with E-state index in [1.165, 1.54) is 84.0 Å². The maximum absolute atomic E-state index is 13.9. The van der Waals surface area contributed by atoms with Crippen molar-refractivity contribution in [3.8, 4) is 0 Å². The summed E-state index contributed by atoms with van der Waals surface area (Å²) in [6.07, 6.45) is -7.16. The topological polar surface area (TPSA) is 441 Å². The summed E-state index contributed by atoms with van der Waals surface area (Å²) in [5, 5.41) is 19.9. The number of ketones is 6. The van der Waals surface area contributed by atoms with E-state index in [9.17, 15) is 129 Å². The van der Waals surface area contributed by atoms with Gasteiger partial charge in [0.25, 0.3) is 101 Å². The molecule has 16 rings (SSSR count). The van der Waals surface area contributed by atoms with E-state index in [0.29, 0.717) is 133 Å². The molecule has 141 heavy (non-hydrogen) atoms. The summed E-state index contributed by atoms with van der Waals surface area (Å²) in [6, 6.07) is 19.8. The number of benzene rings is 4. The first-order valence-electron chi connectivity index (χ1n) is 45.3. The molecule has 750 valence electrons. The van der Waals surface area contributed by atoms with Gasteiger partial charge in [-0.2, -0.15) is 0 Å². The van der Waals surface area contributed by atoms with Gasteiger partial charge in [-0.15, -0.1) is 0 Å². The number of carbonyl (C=O) groups excluding carboxylic acids is 16. The molecule has 0 saturated heterocycles. The lowest BCUT2D eigenvalue weighted by atomic mass is 9.69. The second-order valence-corrected chi connectivity index (χ2v) is 37.5. The van der Waals surface area contributed by atoms with Crippen LogP contribution < -0.4 is 54.0 Å². The predicted molar refractivity (Wildman–Crippen MR) is 488 cm³/mol. The molecule has 30 nitrogen and oxygen atoms in total. The lowest BCUT2D eigenvalue weighted by Crippen LogP contribution is -2.69. The van der Waals surface area contributed by atoms with E-state index in [1.54, 1.807) is 75.4 Å². The van der Waals surface area contributed by atoms with Crippen molar-refractivity contribution in [3.05, 3.63) is 208 Å². The van der Waals surface area contributed by atoms with Crippen LogP contribution in [0.1, 0.15) is 279 Å². The number of alkyl halides is 11. The Balaban J connectivity index is 0.000000158. The van der Waals surface area contributed by atoms with Crippen molar-refractivity contribution in [2.24, 2.45) is 11.5 Å². The monoisotopic (exact) mass is 1990 g/mol. The van der Waals surface area contributed by atoms with Crippen LogP contribution in [0.3, 0.4) is 0 Å². The van der Waals surface area contributed by atoms with Gasteiger partial charge in [0.2, 0.25) is 11.8 Å². The van der Waals surface area contributed by atoms with Crippen molar-refractivity contribution in [2.75, 3.05) is 21.3 Å². The van der Waals surface area contributed by atoms with Crippen molar-refractivity contribution in [2.45, 2.75) is 269 Å². The Morgan fingerprint density at radius 2 is 0.652 bits per heavy atom. The van der Waals surface area contributed by atoms with Gasteiger partial charge in [0.1, 0.15) is 56.9 Å². The summed E-state index contributed by atoms with van der Waals surface area (Å²) in [6.45, 7) is 17.2. The van der Waals surface area contributed by atoms with Gasteiger partial charge in [-0.1, -0.05) is 55.8 Å². The Morgan fingerprint density at radius 1 is 0.376 bits per heavy atom. The van der Waals surface area contributed by atoms with Crippen LogP contribution in [-0.2, 0) is 90.2 Å². The Kier molecular flexibility index (Phi) is 29.2. The van der Waals surface area contributed by atoms with Gasteiger partial charge in [0.05, 0.1) is 22.3 Å². The number of fused-ring (bicyclic) bond motifs is 4. The normalized spacial score (nSPS) is 17.5. The quantitative estimate of drug-likeness (QED) is 0.0124. The SMILES string of the molecule is CCC(=O)C1(NC(=O)C(=O)c2c(C)c(C(=O)Nc3ccc(C)c(C(F)F)c3)n3c2CCC3)CC(F)(F)C1.CCC(=O)C1(NC(=O)C(=O)c2c(C)c(C(=O)Nc3cccc(C(C)F)c3)n3c2CCC3)CC(F)(F)C1.Cc1ccc(NC(=O)c2c(C)c(C(=O)C(=O)NC3(C(N)=O)CC(F)(F)C3)c3n2CCC3)cc1Cl.Cc1ccc(NC(=O)c2c(C)c(C(=O)C(=O)NC3(C(N)=O)CC(F)(F)C3)c3n2CCC3)cc1F. The third-order valence-corrected chi connectivity index (χ3v) is 27.4. The fraction of sp³-hybridized carbons (Fsp3) is 0.429. The number of aryl methyl sites for hydroxylation is 3. The number of anilines is 4. The minimum atomic E-state index is -3.17. The molecule has 4 fully saturated rings. The highest BCUT2D eigenvalue weighted by atomic mass is 35.5. The first-order chi connectivity index (χ1) is 65.9. The van der Waals surface area contributed by atoms with E-state index in [4.69, 9.17) is 23.1 Å². The molecule has 12 N–H and O–H groups in total. The van der Waals surface area contributed by atoms with Gasteiger partial charge in [-0.3, -0.25) is 76.7 Å². The van der Waals surface area contributed by atoms with Gasteiger partial charge in [-0.25, -0.2) is 52.7 Å². The predicted octanol–water partition coefficient (Wildman–Crippen LogP) is 14.5. The van der Waals surface area contributed by atoms with Crippen LogP contribution in [-0.4, -0.2) is 158 Å². The number of carbonyl (C=O) groups is 16. The maximum atomic E-state index is 13.9. The second kappa shape index (κ2) is 39.3. The van der Waals surface area contributed by atoms with Crippen molar-refractivity contribution < 1.29 is 129 Å². The Morgan fingerprint density at radius 3 is 0.929 bits per heavy atom. The molecular formula is C98H101ClF12N14O16. The molecule has 0 spiro atoms. The molecule has 4 aromatic carbocycles. The first kappa shape index (κ1) is 105. The molecule has 4 aliphatic carbocycles. The molecule has 8 aliphatic rings. The highest BCUT2D eigenvalue weighted by Crippen LogP contribution is 2.51. The number of rotatable bonds is 28. The fourth-order valence-electron chi connectivity index (χ4n) is 20.1. The summed E-state index contributed by atoms with van der Waals surface area (Å²) in [5.74, 6) is -27.5. The van der Waals surface area contributed by atoms with Gasteiger partial charge < -0.3 is 72.3 Å². The van der Waals surface area contributed by atoms with Gasteiger partial charge in [0.15, 0.2) is 11.6 Å². The van der Waals surface area contributed by atoms with Crippen LogP contribution in [0.15, 0.2) is 78.9 Å². The Hall–Kier alpha value is -13.8. The summed E-state index contributed by atoms with van der Waals surface area (Å²) < 4.78 is 169. The van der Waals surface area contributed by atoms with E-state index in [1.807, 2.05) is 6.92 Å². The molecule has 8 aromatic rings. The van der Waals surface area contributed by atoms with Crippen LogP contribution in [0.4, 0.5) is 75.4 Å². The minimum absolute atomic E-state index is 0.0116. The summed E-state index contributed by atoms with van der Waals surface area (Å²) in [7, 11) is 0. The smallest absolute Gasteiger partial charge is 0.293 e. The van der Waals surface area contributed by atoms with Crippen molar-refractivity contribution in [1.82, 2.24) is 39.5 Å². The summed E-state index contributed by atoms with van der Waals surface area (Å²) in [4.78, 5) is 205. The van der Waals surface area contributed by atoms with Crippen LogP contribution in [0.5, 0.6) is 0 Å². The zero-order chi connectivity index (χ0) is 104. The number of hydrogen-bond donors (Lipinski definition) is 10. The number of nitrogens with one attached hydrogen (secondary N) is 8. The van der Waals surface area contributed by atoms with Gasteiger partial charge in [-0.05, 0) is 200 Å². The Bertz CT molecular complexity index is 6420. The molecule has 4 aliphatic heterocycles. The first-order valence-corrected chi connectivity index (χ1v) is 45.7. The van der Waals surface area contributed by atoms with Crippen LogP contribution in [0.25, 0.3) is 0 Å². The number of primary amides is 2. The van der Waals surface area contributed by atoms with Crippen molar-refractivity contribution in [1.29, 1.82) is 0 Å². The molecule has 4 saturated carbocycles. The third-order valence-electron chi connectivity index (χ3n) is 27.0. The molecule has 0 radical (unpaired) electrons. The molecule has 8 heterocycles. The maximum Gasteiger partial charge on any atom is 0.293 e. The highest BCUT2D eigenvalue weighted by Gasteiger charge is 2.65. The number of nitrogens with two attached hydrogens (primary N) is 2. The van der Waals surface area contributed by atoms with Crippen LogP contribution >= 0.6 is 11.6 Å². The minimum Gasteiger partial charge on any atom is -0.368 e. The second-order valence-electron chi connectivity index (χ2n) is 37.1. The van der Waals surface area contributed by atoms with Gasteiger partial charge in [0, 0.05) is 146 Å². The van der Waals surface area contributed by atoms with E-state index in [-0.39, 0.29) is 97.1 Å².